The topological polar surface area (TPSA) is 67.0 Å². The Morgan fingerprint density at radius 2 is 2.35 bits per heavy atom. The largest absolute Gasteiger partial charge is 0.481 e. The number of H-pyrrole nitrogens is 1. The Morgan fingerprint density at radius 3 is 2.88 bits per heavy atom. The van der Waals surface area contributed by atoms with Gasteiger partial charge >= 0.3 is 0 Å². The minimum atomic E-state index is -0.220. The standard InChI is InChI=1S/C11H10BrN3O2/c1-17-10-3-2-8(6-14-10)15-11(16)9-4-7(12)5-13-9/h2-6,13H,1H3,(H,15,16). The van der Waals surface area contributed by atoms with Crippen LogP contribution in [0.2, 0.25) is 0 Å². The summed E-state index contributed by atoms with van der Waals surface area (Å²) in [5, 5.41) is 2.71. The number of hydrogen-bond acceptors (Lipinski definition) is 3. The van der Waals surface area contributed by atoms with Gasteiger partial charge in [-0.1, -0.05) is 0 Å². The van der Waals surface area contributed by atoms with Crippen LogP contribution in [-0.2, 0) is 0 Å². The number of pyridine rings is 1. The quantitative estimate of drug-likeness (QED) is 0.914. The van der Waals surface area contributed by atoms with Crippen molar-refractivity contribution >= 4 is 27.5 Å². The molecule has 0 aliphatic rings. The fourth-order valence-corrected chi connectivity index (χ4v) is 1.62. The van der Waals surface area contributed by atoms with Gasteiger partial charge in [-0.3, -0.25) is 4.79 Å². The number of carbonyl (C=O) groups is 1. The molecule has 0 atom stereocenters. The number of aromatic nitrogens is 2. The molecule has 0 radical (unpaired) electrons. The molecule has 0 saturated heterocycles. The van der Waals surface area contributed by atoms with Crippen LogP contribution >= 0.6 is 15.9 Å². The average molecular weight is 296 g/mol. The number of carbonyl (C=O) groups excluding carboxylic acids is 1. The molecule has 0 aromatic carbocycles. The van der Waals surface area contributed by atoms with E-state index in [9.17, 15) is 4.79 Å². The van der Waals surface area contributed by atoms with Gasteiger partial charge in [-0.05, 0) is 28.1 Å². The van der Waals surface area contributed by atoms with E-state index in [0.29, 0.717) is 17.3 Å². The Labute approximate surface area is 106 Å². The second-order valence-corrected chi connectivity index (χ2v) is 4.19. The molecular weight excluding hydrogens is 286 g/mol. The third kappa shape index (κ3) is 2.85. The zero-order chi connectivity index (χ0) is 12.3. The SMILES string of the molecule is COc1ccc(NC(=O)c2cc(Br)c[nH]2)cn1. The first-order chi connectivity index (χ1) is 8.19. The zero-order valence-corrected chi connectivity index (χ0v) is 10.6. The Bertz CT molecular complexity index is 522. The second kappa shape index (κ2) is 5.01. The summed E-state index contributed by atoms with van der Waals surface area (Å²) in [5.74, 6) is 0.285. The summed E-state index contributed by atoms with van der Waals surface area (Å²) in [7, 11) is 1.54. The molecular formula is C11H10BrN3O2. The monoisotopic (exact) mass is 295 g/mol. The molecule has 2 aromatic rings. The maximum Gasteiger partial charge on any atom is 0.272 e. The molecule has 2 rings (SSSR count). The van der Waals surface area contributed by atoms with Gasteiger partial charge in [-0.15, -0.1) is 0 Å². The normalized spacial score (nSPS) is 10.0. The van der Waals surface area contributed by atoms with Gasteiger partial charge in [-0.2, -0.15) is 0 Å². The number of anilines is 1. The van der Waals surface area contributed by atoms with E-state index in [-0.39, 0.29) is 5.91 Å². The molecule has 0 aliphatic heterocycles. The maximum absolute atomic E-state index is 11.8. The van der Waals surface area contributed by atoms with Gasteiger partial charge in [0.05, 0.1) is 19.0 Å². The lowest BCUT2D eigenvalue weighted by Gasteiger charge is -2.04. The van der Waals surface area contributed by atoms with E-state index < -0.39 is 0 Å². The van der Waals surface area contributed by atoms with Crippen LogP contribution in [0.15, 0.2) is 35.1 Å². The van der Waals surface area contributed by atoms with Gasteiger partial charge in [0.15, 0.2) is 0 Å². The summed E-state index contributed by atoms with van der Waals surface area (Å²) >= 11 is 3.26. The van der Waals surface area contributed by atoms with E-state index in [1.165, 1.54) is 13.3 Å². The number of rotatable bonds is 3. The first-order valence-electron chi connectivity index (χ1n) is 4.84. The predicted octanol–water partition coefficient (Wildman–Crippen LogP) is 2.43. The Balaban J connectivity index is 2.07. The van der Waals surface area contributed by atoms with Crippen molar-refractivity contribution in [2.24, 2.45) is 0 Å². The number of ether oxygens (including phenoxy) is 1. The molecule has 0 unspecified atom stereocenters. The molecule has 0 fully saturated rings. The van der Waals surface area contributed by atoms with E-state index in [1.54, 1.807) is 24.4 Å². The Hall–Kier alpha value is -1.82. The van der Waals surface area contributed by atoms with Crippen LogP contribution in [0.3, 0.4) is 0 Å². The van der Waals surface area contributed by atoms with Crippen LogP contribution in [0.25, 0.3) is 0 Å². The fraction of sp³-hybridized carbons (Fsp3) is 0.0909. The van der Waals surface area contributed by atoms with Gasteiger partial charge in [0.25, 0.3) is 5.91 Å². The molecule has 2 aromatic heterocycles. The summed E-state index contributed by atoms with van der Waals surface area (Å²) in [6, 6.07) is 5.11. The predicted molar refractivity (Wildman–Crippen MR) is 67.2 cm³/mol. The van der Waals surface area contributed by atoms with Crippen molar-refractivity contribution in [2.45, 2.75) is 0 Å². The highest BCUT2D eigenvalue weighted by Crippen LogP contribution is 2.14. The molecule has 88 valence electrons. The van der Waals surface area contributed by atoms with Gasteiger partial charge < -0.3 is 15.0 Å². The molecule has 2 N–H and O–H groups in total. The number of aromatic amines is 1. The van der Waals surface area contributed by atoms with Crippen LogP contribution in [0.1, 0.15) is 10.5 Å². The van der Waals surface area contributed by atoms with E-state index >= 15 is 0 Å². The zero-order valence-electron chi connectivity index (χ0n) is 9.03. The lowest BCUT2D eigenvalue weighted by atomic mass is 10.3. The van der Waals surface area contributed by atoms with Crippen molar-refractivity contribution in [3.05, 3.63) is 40.8 Å². The van der Waals surface area contributed by atoms with Crippen LogP contribution in [0, 0.1) is 0 Å². The van der Waals surface area contributed by atoms with Gasteiger partial charge in [0.1, 0.15) is 5.69 Å². The number of hydrogen-bond donors (Lipinski definition) is 2. The molecule has 1 amide bonds. The molecule has 17 heavy (non-hydrogen) atoms. The first kappa shape index (κ1) is 11.7. The fourth-order valence-electron chi connectivity index (χ4n) is 1.27. The molecule has 5 nitrogen and oxygen atoms in total. The molecule has 0 bridgehead atoms. The summed E-state index contributed by atoms with van der Waals surface area (Å²) < 4.78 is 5.76. The smallest absolute Gasteiger partial charge is 0.272 e. The van der Waals surface area contributed by atoms with Crippen LogP contribution in [0.5, 0.6) is 5.88 Å². The Kier molecular flexibility index (Phi) is 3.43. The van der Waals surface area contributed by atoms with Crippen LogP contribution in [0.4, 0.5) is 5.69 Å². The number of methoxy groups -OCH3 is 1. The van der Waals surface area contributed by atoms with Crippen molar-refractivity contribution in [1.82, 2.24) is 9.97 Å². The van der Waals surface area contributed by atoms with Crippen molar-refractivity contribution < 1.29 is 9.53 Å². The van der Waals surface area contributed by atoms with Crippen molar-refractivity contribution in [3.8, 4) is 5.88 Å². The third-order valence-electron chi connectivity index (χ3n) is 2.10. The lowest BCUT2D eigenvalue weighted by molar-refractivity contribution is 0.102. The van der Waals surface area contributed by atoms with Gasteiger partial charge in [0.2, 0.25) is 5.88 Å². The highest BCUT2D eigenvalue weighted by molar-refractivity contribution is 9.10. The second-order valence-electron chi connectivity index (χ2n) is 3.27. The average Bonchev–Trinajstić information content (AvgIpc) is 2.77. The van der Waals surface area contributed by atoms with E-state index in [1.807, 2.05) is 0 Å². The summed E-state index contributed by atoms with van der Waals surface area (Å²) in [6.45, 7) is 0. The summed E-state index contributed by atoms with van der Waals surface area (Å²) in [6.07, 6.45) is 3.23. The number of halogens is 1. The molecule has 2 heterocycles. The van der Waals surface area contributed by atoms with Crippen molar-refractivity contribution in [3.63, 3.8) is 0 Å². The van der Waals surface area contributed by atoms with E-state index in [4.69, 9.17) is 4.74 Å². The number of nitrogens with one attached hydrogen (secondary N) is 2. The van der Waals surface area contributed by atoms with Crippen LogP contribution in [-0.4, -0.2) is 23.0 Å². The third-order valence-corrected chi connectivity index (χ3v) is 2.55. The number of nitrogens with zero attached hydrogens (tertiary/aromatic N) is 1. The lowest BCUT2D eigenvalue weighted by Crippen LogP contribution is -2.12. The Morgan fingerprint density at radius 1 is 1.53 bits per heavy atom. The highest BCUT2D eigenvalue weighted by Gasteiger charge is 2.08. The molecule has 0 aliphatic carbocycles. The molecule has 0 spiro atoms. The highest BCUT2D eigenvalue weighted by atomic mass is 79.9. The van der Waals surface area contributed by atoms with Gasteiger partial charge in [-0.25, -0.2) is 4.98 Å². The maximum atomic E-state index is 11.8. The van der Waals surface area contributed by atoms with Crippen molar-refractivity contribution in [2.75, 3.05) is 12.4 Å². The number of amides is 1. The van der Waals surface area contributed by atoms with E-state index in [2.05, 4.69) is 31.2 Å². The minimum absolute atomic E-state index is 0.220. The first-order valence-corrected chi connectivity index (χ1v) is 5.63. The van der Waals surface area contributed by atoms with Crippen molar-refractivity contribution in [1.29, 1.82) is 0 Å². The van der Waals surface area contributed by atoms with Gasteiger partial charge in [0, 0.05) is 16.7 Å². The molecule has 6 heteroatoms. The minimum Gasteiger partial charge on any atom is -0.481 e. The van der Waals surface area contributed by atoms with Crippen LogP contribution < -0.4 is 10.1 Å². The van der Waals surface area contributed by atoms with E-state index in [0.717, 1.165) is 4.47 Å². The summed E-state index contributed by atoms with van der Waals surface area (Å²) in [5.41, 5.74) is 1.09. The summed E-state index contributed by atoms with van der Waals surface area (Å²) in [4.78, 5) is 18.6. The molecule has 0 saturated carbocycles.